The van der Waals surface area contributed by atoms with Gasteiger partial charge in [0.05, 0.1) is 31.2 Å². The molecule has 0 fully saturated rings. The molecule has 0 heterocycles. The van der Waals surface area contributed by atoms with E-state index in [0.29, 0.717) is 5.06 Å². The Hall–Kier alpha value is -3.52. The van der Waals surface area contributed by atoms with Crippen molar-refractivity contribution in [1.29, 1.82) is 0 Å². The van der Waals surface area contributed by atoms with E-state index < -0.39 is 30.0 Å². The molecule has 0 spiro atoms. The lowest BCUT2D eigenvalue weighted by Crippen LogP contribution is -2.29. The maximum absolute atomic E-state index is 12.1. The van der Waals surface area contributed by atoms with E-state index in [4.69, 9.17) is 4.74 Å². The molecule has 0 saturated carbocycles. The maximum Gasteiger partial charge on any atom is 0.338 e. The van der Waals surface area contributed by atoms with Crippen molar-refractivity contribution in [3.63, 3.8) is 0 Å². The second-order valence-electron chi connectivity index (χ2n) is 6.11. The van der Waals surface area contributed by atoms with E-state index in [9.17, 15) is 24.4 Å². The molecule has 8 heteroatoms. The molecular weight excluding hydrogens is 378 g/mol. The van der Waals surface area contributed by atoms with Gasteiger partial charge in [0.25, 0.3) is 5.91 Å². The number of hydrogen-bond donors (Lipinski definition) is 1. The van der Waals surface area contributed by atoms with Gasteiger partial charge in [-0.1, -0.05) is 30.3 Å². The molecule has 0 saturated heterocycles. The van der Waals surface area contributed by atoms with Crippen LogP contribution in [0, 0.1) is 0 Å². The average molecular weight is 399 g/mol. The van der Waals surface area contributed by atoms with Crippen molar-refractivity contribution in [2.45, 2.75) is 25.9 Å². The standard InChI is InChI=1S/C21H21NO7/c1-28-20(25)12-11-18(23)13-19(24)22(27)17-9-7-16(8-10-17)21(26)29-14-15-5-3-2-4-6-15/h2-10,27H,11-14H2,1H3. The third kappa shape index (κ3) is 6.86. The molecule has 1 amide bonds. The molecule has 2 rings (SSSR count). The number of Topliss-reactive ketones (excluding diaryl/α,β-unsaturated/α-hetero) is 1. The zero-order valence-corrected chi connectivity index (χ0v) is 15.9. The van der Waals surface area contributed by atoms with Crippen LogP contribution < -0.4 is 5.06 Å². The Morgan fingerprint density at radius 1 is 0.931 bits per heavy atom. The van der Waals surface area contributed by atoms with Crippen LogP contribution in [-0.4, -0.2) is 35.9 Å². The molecule has 0 unspecified atom stereocenters. The second-order valence-corrected chi connectivity index (χ2v) is 6.11. The fourth-order valence-corrected chi connectivity index (χ4v) is 2.36. The van der Waals surface area contributed by atoms with Gasteiger partial charge in [-0.3, -0.25) is 19.6 Å². The Balaban J connectivity index is 1.87. The predicted molar refractivity (Wildman–Crippen MR) is 102 cm³/mol. The molecule has 0 bridgehead atoms. The van der Waals surface area contributed by atoms with Gasteiger partial charge in [0, 0.05) is 6.42 Å². The van der Waals surface area contributed by atoms with Gasteiger partial charge in [0.2, 0.25) is 0 Å². The van der Waals surface area contributed by atoms with E-state index >= 15 is 0 Å². The normalized spacial score (nSPS) is 10.1. The number of ether oxygens (including phenoxy) is 2. The summed E-state index contributed by atoms with van der Waals surface area (Å²) in [5.41, 5.74) is 1.19. The van der Waals surface area contributed by atoms with Crippen LogP contribution in [0.2, 0.25) is 0 Å². The molecule has 2 aromatic rings. The molecule has 2 aromatic carbocycles. The molecule has 0 aromatic heterocycles. The number of methoxy groups -OCH3 is 1. The number of hydroxylamine groups is 1. The van der Waals surface area contributed by atoms with Crippen LogP contribution in [0.5, 0.6) is 0 Å². The van der Waals surface area contributed by atoms with Crippen molar-refractivity contribution in [2.75, 3.05) is 12.2 Å². The highest BCUT2D eigenvalue weighted by Gasteiger charge is 2.19. The Morgan fingerprint density at radius 3 is 2.21 bits per heavy atom. The first-order valence-electron chi connectivity index (χ1n) is 8.82. The van der Waals surface area contributed by atoms with Crippen molar-refractivity contribution >= 4 is 29.3 Å². The Bertz CT molecular complexity index is 862. The number of anilines is 1. The lowest BCUT2D eigenvalue weighted by atomic mass is 10.1. The highest BCUT2D eigenvalue weighted by atomic mass is 16.5. The van der Waals surface area contributed by atoms with Gasteiger partial charge in [-0.05, 0) is 29.8 Å². The maximum atomic E-state index is 12.1. The van der Waals surface area contributed by atoms with Crippen molar-refractivity contribution in [2.24, 2.45) is 0 Å². The van der Waals surface area contributed by atoms with Crippen LogP contribution in [0.15, 0.2) is 54.6 Å². The fraction of sp³-hybridized carbons (Fsp3) is 0.238. The highest BCUT2D eigenvalue weighted by Crippen LogP contribution is 2.16. The number of carbonyl (C=O) groups is 4. The summed E-state index contributed by atoms with van der Waals surface area (Å²) in [5.74, 6) is -2.45. The zero-order chi connectivity index (χ0) is 21.2. The first kappa shape index (κ1) is 21.8. The van der Waals surface area contributed by atoms with Crippen LogP contribution in [-0.2, 0) is 30.5 Å². The van der Waals surface area contributed by atoms with Gasteiger partial charge in [0.1, 0.15) is 12.4 Å². The lowest BCUT2D eigenvalue weighted by molar-refractivity contribution is -0.142. The van der Waals surface area contributed by atoms with E-state index in [1.807, 2.05) is 30.3 Å². The van der Waals surface area contributed by atoms with Crippen molar-refractivity contribution in [3.8, 4) is 0 Å². The summed E-state index contributed by atoms with van der Waals surface area (Å²) in [6, 6.07) is 14.7. The predicted octanol–water partition coefficient (Wildman–Crippen LogP) is 2.68. The quantitative estimate of drug-likeness (QED) is 0.299. The third-order valence-corrected chi connectivity index (χ3v) is 3.98. The topological polar surface area (TPSA) is 110 Å². The minimum Gasteiger partial charge on any atom is -0.469 e. The number of esters is 2. The number of hydrogen-bond acceptors (Lipinski definition) is 7. The van der Waals surface area contributed by atoms with Gasteiger partial charge in [-0.2, -0.15) is 5.06 Å². The molecule has 29 heavy (non-hydrogen) atoms. The zero-order valence-electron chi connectivity index (χ0n) is 15.9. The SMILES string of the molecule is COC(=O)CCC(=O)CC(=O)N(O)c1ccc(C(=O)OCc2ccccc2)cc1. The van der Waals surface area contributed by atoms with E-state index in [1.54, 1.807) is 0 Å². The van der Waals surface area contributed by atoms with E-state index in [0.717, 1.165) is 5.56 Å². The van der Waals surface area contributed by atoms with Crippen LogP contribution in [0.25, 0.3) is 0 Å². The van der Waals surface area contributed by atoms with Gasteiger partial charge >= 0.3 is 11.9 Å². The van der Waals surface area contributed by atoms with Crippen molar-refractivity contribution in [1.82, 2.24) is 0 Å². The molecule has 152 valence electrons. The van der Waals surface area contributed by atoms with E-state index in [-0.39, 0.29) is 30.7 Å². The second kappa shape index (κ2) is 10.7. The molecule has 8 nitrogen and oxygen atoms in total. The van der Waals surface area contributed by atoms with Crippen molar-refractivity contribution in [3.05, 3.63) is 65.7 Å². The number of rotatable bonds is 9. The van der Waals surface area contributed by atoms with Gasteiger partial charge < -0.3 is 9.47 Å². The number of carbonyl (C=O) groups excluding carboxylic acids is 4. The highest BCUT2D eigenvalue weighted by molar-refractivity contribution is 6.05. The van der Waals surface area contributed by atoms with E-state index in [2.05, 4.69) is 4.74 Å². The molecule has 0 atom stereocenters. The third-order valence-electron chi connectivity index (χ3n) is 3.98. The van der Waals surface area contributed by atoms with Crippen LogP contribution in [0.1, 0.15) is 35.2 Å². The first-order valence-corrected chi connectivity index (χ1v) is 8.82. The Kier molecular flexibility index (Phi) is 8.05. The average Bonchev–Trinajstić information content (AvgIpc) is 2.76. The first-order chi connectivity index (χ1) is 13.9. The van der Waals surface area contributed by atoms with Gasteiger partial charge in [0.15, 0.2) is 0 Å². The summed E-state index contributed by atoms with van der Waals surface area (Å²) >= 11 is 0. The molecular formula is C21H21NO7. The minimum absolute atomic E-state index is 0.0929. The molecule has 0 aliphatic carbocycles. The number of amides is 1. The Morgan fingerprint density at radius 2 is 1.59 bits per heavy atom. The molecule has 0 aliphatic heterocycles. The summed E-state index contributed by atoms with van der Waals surface area (Å²) in [5, 5.41) is 10.3. The van der Waals surface area contributed by atoms with Crippen LogP contribution in [0.3, 0.4) is 0 Å². The summed E-state index contributed by atoms with van der Waals surface area (Å²) in [6.45, 7) is 0.125. The summed E-state index contributed by atoms with van der Waals surface area (Å²) in [6.07, 6.45) is -0.847. The smallest absolute Gasteiger partial charge is 0.338 e. The molecule has 0 radical (unpaired) electrons. The van der Waals surface area contributed by atoms with Gasteiger partial charge in [-0.15, -0.1) is 0 Å². The number of benzene rings is 2. The summed E-state index contributed by atoms with van der Waals surface area (Å²) in [4.78, 5) is 46.8. The Labute approximate surface area is 167 Å². The number of ketones is 1. The van der Waals surface area contributed by atoms with E-state index in [1.165, 1.54) is 31.4 Å². The van der Waals surface area contributed by atoms with Crippen molar-refractivity contribution < 1.29 is 33.9 Å². The number of nitrogens with zero attached hydrogens (tertiary/aromatic N) is 1. The molecule has 1 N–H and O–H groups in total. The van der Waals surface area contributed by atoms with Crippen LogP contribution >= 0.6 is 0 Å². The summed E-state index contributed by atoms with van der Waals surface area (Å²) in [7, 11) is 1.20. The summed E-state index contributed by atoms with van der Waals surface area (Å²) < 4.78 is 9.63. The fourth-order valence-electron chi connectivity index (χ4n) is 2.36. The lowest BCUT2D eigenvalue weighted by Gasteiger charge is -2.15. The largest absolute Gasteiger partial charge is 0.469 e. The van der Waals surface area contributed by atoms with Crippen LogP contribution in [0.4, 0.5) is 5.69 Å². The minimum atomic E-state index is -0.848. The van der Waals surface area contributed by atoms with Gasteiger partial charge in [-0.25, -0.2) is 4.79 Å². The molecule has 0 aliphatic rings. The monoisotopic (exact) mass is 399 g/mol.